The number of anilines is 1. The third-order valence-electron chi connectivity index (χ3n) is 5.23. The highest BCUT2D eigenvalue weighted by atomic mass is 16.2. The minimum atomic E-state index is -0.109. The zero-order chi connectivity index (χ0) is 20.9. The van der Waals surface area contributed by atoms with Gasteiger partial charge >= 0.3 is 0 Å². The van der Waals surface area contributed by atoms with E-state index in [2.05, 4.69) is 64.8 Å². The summed E-state index contributed by atoms with van der Waals surface area (Å²) in [6.07, 6.45) is 6.97. The SMILES string of the molecule is Cc1ccc(-n2cc(C3=CCN(CC(=O)Nc4ccccc4C#N)CC3)cn2)cc1. The minimum absolute atomic E-state index is 0.109. The standard InChI is InChI=1S/C24H23N5O/c1-18-6-8-22(9-7-18)29-16-21(15-26-29)19-10-12-28(13-11-19)17-24(30)27-23-5-3-2-4-20(23)14-25/h2-10,15-16H,11-13,17H2,1H3,(H,27,30). The van der Waals surface area contributed by atoms with E-state index in [-0.39, 0.29) is 5.91 Å². The molecule has 0 atom stereocenters. The van der Waals surface area contributed by atoms with E-state index >= 15 is 0 Å². The quantitative estimate of drug-likeness (QED) is 0.711. The Balaban J connectivity index is 1.36. The van der Waals surface area contributed by atoms with E-state index in [0.717, 1.165) is 24.2 Å². The van der Waals surface area contributed by atoms with Crippen LogP contribution in [0.1, 0.15) is 23.1 Å². The number of carbonyl (C=O) groups is 1. The monoisotopic (exact) mass is 397 g/mol. The number of para-hydroxylation sites is 1. The van der Waals surface area contributed by atoms with Crippen LogP contribution in [0.5, 0.6) is 0 Å². The smallest absolute Gasteiger partial charge is 0.238 e. The van der Waals surface area contributed by atoms with Gasteiger partial charge in [-0.2, -0.15) is 10.4 Å². The largest absolute Gasteiger partial charge is 0.324 e. The molecular formula is C24H23N5O. The molecule has 0 bridgehead atoms. The van der Waals surface area contributed by atoms with E-state index in [0.29, 0.717) is 24.3 Å². The Bertz CT molecular complexity index is 1120. The van der Waals surface area contributed by atoms with Gasteiger partial charge in [-0.05, 0) is 43.2 Å². The summed E-state index contributed by atoms with van der Waals surface area (Å²) < 4.78 is 1.89. The number of nitrogens with one attached hydrogen (secondary N) is 1. The second-order valence-corrected chi connectivity index (χ2v) is 7.43. The van der Waals surface area contributed by atoms with Crippen molar-refractivity contribution in [2.24, 2.45) is 0 Å². The van der Waals surface area contributed by atoms with Crippen molar-refractivity contribution < 1.29 is 4.79 Å². The number of carbonyl (C=O) groups excluding carboxylic acids is 1. The number of rotatable bonds is 5. The molecule has 3 aromatic rings. The van der Waals surface area contributed by atoms with Crippen LogP contribution in [0.25, 0.3) is 11.3 Å². The van der Waals surface area contributed by atoms with Crippen LogP contribution in [0.2, 0.25) is 0 Å². The van der Waals surface area contributed by atoms with Gasteiger partial charge in [-0.3, -0.25) is 9.69 Å². The Morgan fingerprint density at radius 2 is 2.00 bits per heavy atom. The van der Waals surface area contributed by atoms with Crippen LogP contribution >= 0.6 is 0 Å². The van der Waals surface area contributed by atoms with E-state index < -0.39 is 0 Å². The Morgan fingerprint density at radius 3 is 2.73 bits per heavy atom. The van der Waals surface area contributed by atoms with E-state index in [4.69, 9.17) is 5.26 Å². The van der Waals surface area contributed by atoms with Crippen molar-refractivity contribution in [3.05, 3.63) is 83.7 Å². The van der Waals surface area contributed by atoms with Crippen molar-refractivity contribution in [1.82, 2.24) is 14.7 Å². The molecule has 2 heterocycles. The van der Waals surface area contributed by atoms with Crippen LogP contribution in [-0.4, -0.2) is 40.2 Å². The van der Waals surface area contributed by atoms with Gasteiger partial charge in [-0.1, -0.05) is 35.9 Å². The molecular weight excluding hydrogens is 374 g/mol. The maximum absolute atomic E-state index is 12.4. The number of aromatic nitrogens is 2. The third-order valence-corrected chi connectivity index (χ3v) is 5.23. The fourth-order valence-electron chi connectivity index (χ4n) is 3.53. The first-order valence-electron chi connectivity index (χ1n) is 9.95. The number of amides is 1. The third kappa shape index (κ3) is 4.48. The molecule has 0 saturated heterocycles. The van der Waals surface area contributed by atoms with Crippen molar-refractivity contribution in [3.63, 3.8) is 0 Å². The summed E-state index contributed by atoms with van der Waals surface area (Å²) in [7, 11) is 0. The van der Waals surface area contributed by atoms with Gasteiger partial charge in [0.15, 0.2) is 0 Å². The number of hydrogen-bond donors (Lipinski definition) is 1. The highest BCUT2D eigenvalue weighted by Crippen LogP contribution is 2.23. The lowest BCUT2D eigenvalue weighted by Crippen LogP contribution is -2.36. The molecule has 6 heteroatoms. The second-order valence-electron chi connectivity index (χ2n) is 7.43. The first-order chi connectivity index (χ1) is 14.6. The first-order valence-corrected chi connectivity index (χ1v) is 9.95. The first kappa shape index (κ1) is 19.6. The number of benzene rings is 2. The van der Waals surface area contributed by atoms with Crippen LogP contribution < -0.4 is 5.32 Å². The van der Waals surface area contributed by atoms with Crippen molar-refractivity contribution in [1.29, 1.82) is 5.26 Å². The highest BCUT2D eigenvalue weighted by molar-refractivity contribution is 5.93. The fourth-order valence-corrected chi connectivity index (χ4v) is 3.53. The number of nitriles is 1. The van der Waals surface area contributed by atoms with E-state index in [1.165, 1.54) is 11.1 Å². The maximum Gasteiger partial charge on any atom is 0.238 e. The van der Waals surface area contributed by atoms with Crippen molar-refractivity contribution in [2.75, 3.05) is 25.0 Å². The maximum atomic E-state index is 12.4. The van der Waals surface area contributed by atoms with E-state index in [1.807, 2.05) is 16.9 Å². The van der Waals surface area contributed by atoms with Crippen LogP contribution in [0, 0.1) is 18.3 Å². The summed E-state index contributed by atoms with van der Waals surface area (Å²) in [6, 6.07) is 17.4. The minimum Gasteiger partial charge on any atom is -0.324 e. The average Bonchev–Trinajstić information content (AvgIpc) is 3.25. The molecule has 150 valence electrons. The molecule has 1 N–H and O–H groups in total. The summed E-state index contributed by atoms with van der Waals surface area (Å²) in [5.74, 6) is -0.109. The van der Waals surface area contributed by atoms with E-state index in [1.54, 1.807) is 18.2 Å². The van der Waals surface area contributed by atoms with Gasteiger partial charge < -0.3 is 5.32 Å². The lowest BCUT2D eigenvalue weighted by Gasteiger charge is -2.25. The number of nitrogens with zero attached hydrogens (tertiary/aromatic N) is 4. The molecule has 1 amide bonds. The Labute approximate surface area is 176 Å². The summed E-state index contributed by atoms with van der Waals surface area (Å²) in [6.45, 7) is 3.87. The van der Waals surface area contributed by atoms with Gasteiger partial charge in [-0.25, -0.2) is 4.68 Å². The van der Waals surface area contributed by atoms with Gasteiger partial charge in [0.2, 0.25) is 5.91 Å². The molecule has 6 nitrogen and oxygen atoms in total. The Hall–Kier alpha value is -3.69. The second kappa shape index (κ2) is 8.76. The molecule has 2 aromatic carbocycles. The molecule has 1 aliphatic rings. The lowest BCUT2D eigenvalue weighted by atomic mass is 10.0. The molecule has 4 rings (SSSR count). The zero-order valence-corrected chi connectivity index (χ0v) is 16.9. The van der Waals surface area contributed by atoms with E-state index in [9.17, 15) is 4.79 Å². The fraction of sp³-hybridized carbons (Fsp3) is 0.208. The van der Waals surface area contributed by atoms with Crippen LogP contribution in [0.15, 0.2) is 67.0 Å². The molecule has 1 aliphatic heterocycles. The number of hydrogen-bond acceptors (Lipinski definition) is 4. The molecule has 30 heavy (non-hydrogen) atoms. The predicted molar refractivity (Wildman–Crippen MR) is 117 cm³/mol. The average molecular weight is 397 g/mol. The van der Waals surface area contributed by atoms with Gasteiger partial charge in [0.05, 0.1) is 29.7 Å². The van der Waals surface area contributed by atoms with Crippen LogP contribution in [-0.2, 0) is 4.79 Å². The highest BCUT2D eigenvalue weighted by Gasteiger charge is 2.17. The topological polar surface area (TPSA) is 74.0 Å². The molecule has 0 radical (unpaired) electrons. The van der Waals surface area contributed by atoms with Crippen molar-refractivity contribution in [2.45, 2.75) is 13.3 Å². The molecule has 1 aromatic heterocycles. The van der Waals surface area contributed by atoms with Crippen molar-refractivity contribution >= 4 is 17.2 Å². The molecule has 0 aliphatic carbocycles. The molecule has 0 fully saturated rings. The van der Waals surface area contributed by atoms with Gasteiger partial charge in [0.1, 0.15) is 6.07 Å². The molecule has 0 unspecified atom stereocenters. The molecule has 0 saturated carbocycles. The normalized spacial score (nSPS) is 14.1. The Kier molecular flexibility index (Phi) is 5.73. The Morgan fingerprint density at radius 1 is 1.20 bits per heavy atom. The van der Waals surface area contributed by atoms with Crippen LogP contribution in [0.4, 0.5) is 5.69 Å². The lowest BCUT2D eigenvalue weighted by molar-refractivity contribution is -0.117. The van der Waals surface area contributed by atoms with Gasteiger partial charge in [0, 0.05) is 24.8 Å². The van der Waals surface area contributed by atoms with Crippen molar-refractivity contribution in [3.8, 4) is 11.8 Å². The number of aryl methyl sites for hydroxylation is 1. The summed E-state index contributed by atoms with van der Waals surface area (Å²) in [5, 5.41) is 16.5. The summed E-state index contributed by atoms with van der Waals surface area (Å²) in [4.78, 5) is 14.5. The van der Waals surface area contributed by atoms with Gasteiger partial charge in [-0.15, -0.1) is 0 Å². The van der Waals surface area contributed by atoms with Crippen LogP contribution in [0.3, 0.4) is 0 Å². The molecule has 0 spiro atoms. The summed E-state index contributed by atoms with van der Waals surface area (Å²) in [5.41, 5.74) is 5.65. The van der Waals surface area contributed by atoms with Gasteiger partial charge in [0.25, 0.3) is 0 Å². The summed E-state index contributed by atoms with van der Waals surface area (Å²) >= 11 is 0. The predicted octanol–water partition coefficient (Wildman–Crippen LogP) is 3.78. The zero-order valence-electron chi connectivity index (χ0n) is 16.9.